The second kappa shape index (κ2) is 12.1. The van der Waals surface area contributed by atoms with Crippen LogP contribution >= 0.6 is 0 Å². The van der Waals surface area contributed by atoms with E-state index in [1.54, 1.807) is 39.2 Å². The Morgan fingerprint density at radius 3 is 2.34 bits per heavy atom. The molecule has 0 spiro atoms. The van der Waals surface area contributed by atoms with E-state index in [9.17, 15) is 5.11 Å². The van der Waals surface area contributed by atoms with Crippen LogP contribution in [-0.2, 0) is 21.8 Å². The van der Waals surface area contributed by atoms with Gasteiger partial charge in [0.1, 0.15) is 23.9 Å². The van der Waals surface area contributed by atoms with Gasteiger partial charge in [0.15, 0.2) is 11.5 Å². The van der Waals surface area contributed by atoms with Crippen molar-refractivity contribution in [3.8, 4) is 11.5 Å². The molecule has 0 amide bonds. The van der Waals surface area contributed by atoms with Crippen molar-refractivity contribution in [1.82, 2.24) is 9.97 Å². The van der Waals surface area contributed by atoms with Crippen LogP contribution in [-0.4, -0.2) is 61.3 Å². The predicted octanol–water partition coefficient (Wildman–Crippen LogP) is 4.74. The number of benzene rings is 2. The summed E-state index contributed by atoms with van der Waals surface area (Å²) in [6.45, 7) is 7.15. The number of alkyl halides is 2. The maximum atomic E-state index is 15.3. The first-order chi connectivity index (χ1) is 17.9. The molecule has 38 heavy (non-hydrogen) atoms. The molecule has 3 rings (SSSR count). The lowest BCUT2D eigenvalue weighted by atomic mass is 9.88. The number of fused-ring (bicyclic) bond motifs is 1. The van der Waals surface area contributed by atoms with Gasteiger partial charge in [0.05, 0.1) is 32.4 Å². The Morgan fingerprint density at radius 2 is 1.71 bits per heavy atom. The molecule has 9 nitrogen and oxygen atoms in total. The highest BCUT2D eigenvalue weighted by molar-refractivity contribution is 5.93. The molecule has 0 aliphatic heterocycles. The number of nitrogens with two attached hydrogens (primary N) is 1. The van der Waals surface area contributed by atoms with E-state index in [4.69, 9.17) is 24.7 Å². The number of nitrogens with one attached hydrogen (secondary N) is 1. The Morgan fingerprint density at radius 1 is 1.00 bits per heavy atom. The molecule has 0 radical (unpaired) electrons. The Kier molecular flexibility index (Phi) is 9.29. The molecule has 0 saturated heterocycles. The zero-order chi connectivity index (χ0) is 28.1. The minimum atomic E-state index is -3.55. The summed E-state index contributed by atoms with van der Waals surface area (Å²) < 4.78 is 52.3. The van der Waals surface area contributed by atoms with Crippen LogP contribution in [0.2, 0.25) is 0 Å². The third kappa shape index (κ3) is 6.40. The first-order valence-corrected chi connectivity index (χ1v) is 12.3. The zero-order valence-corrected chi connectivity index (χ0v) is 22.7. The molecule has 1 aromatic heterocycles. The lowest BCUT2D eigenvalue weighted by molar-refractivity contribution is -0.168. The number of rotatable bonds is 13. The molecule has 3 aromatic rings. The average molecular weight is 535 g/mol. The second-order valence-electron chi connectivity index (χ2n) is 9.30. The number of methoxy groups -OCH3 is 2. The van der Waals surface area contributed by atoms with Gasteiger partial charge in [-0.2, -0.15) is 8.78 Å². The van der Waals surface area contributed by atoms with Crippen molar-refractivity contribution in [3.63, 3.8) is 0 Å². The smallest absolute Gasteiger partial charge is 0.301 e. The van der Waals surface area contributed by atoms with Crippen LogP contribution in [0.15, 0.2) is 24.3 Å². The summed E-state index contributed by atoms with van der Waals surface area (Å²) in [7, 11) is 3.13. The highest BCUT2D eigenvalue weighted by atomic mass is 19.3. The normalized spacial score (nSPS) is 12.1. The van der Waals surface area contributed by atoms with Crippen molar-refractivity contribution >= 4 is 28.1 Å². The number of aromatic nitrogens is 2. The Bertz CT molecular complexity index is 1260. The second-order valence-corrected chi connectivity index (χ2v) is 9.30. The van der Waals surface area contributed by atoms with E-state index in [2.05, 4.69) is 15.3 Å². The lowest BCUT2D eigenvalue weighted by Crippen LogP contribution is -2.41. The summed E-state index contributed by atoms with van der Waals surface area (Å²) >= 11 is 0. The number of anilines is 3. The van der Waals surface area contributed by atoms with Crippen molar-refractivity contribution in [2.75, 3.05) is 51.7 Å². The molecule has 0 bridgehead atoms. The van der Waals surface area contributed by atoms with Crippen molar-refractivity contribution in [2.45, 2.75) is 45.6 Å². The number of hydrogen-bond donors (Lipinski definition) is 3. The van der Waals surface area contributed by atoms with Gasteiger partial charge in [-0.3, -0.25) is 0 Å². The van der Waals surface area contributed by atoms with Gasteiger partial charge in [-0.1, -0.05) is 6.92 Å². The zero-order valence-electron chi connectivity index (χ0n) is 22.7. The Labute approximate surface area is 221 Å². The van der Waals surface area contributed by atoms with Crippen molar-refractivity contribution in [1.29, 1.82) is 0 Å². The number of hydrogen-bond acceptors (Lipinski definition) is 9. The number of nitrogens with zero attached hydrogens (tertiary/aromatic N) is 2. The monoisotopic (exact) mass is 534 g/mol. The molecule has 0 saturated carbocycles. The highest BCUT2D eigenvalue weighted by Gasteiger charge is 2.48. The first-order valence-electron chi connectivity index (χ1n) is 12.3. The first kappa shape index (κ1) is 29.3. The van der Waals surface area contributed by atoms with Crippen LogP contribution < -0.4 is 20.5 Å². The van der Waals surface area contributed by atoms with E-state index in [-0.39, 0.29) is 29.8 Å². The summed E-state index contributed by atoms with van der Waals surface area (Å²) in [5, 5.41) is 13.9. The summed E-state index contributed by atoms with van der Waals surface area (Å²) in [4.78, 5) is 8.99. The average Bonchev–Trinajstić information content (AvgIpc) is 2.84. The fraction of sp³-hybridized carbons (Fsp3) is 0.481. The van der Waals surface area contributed by atoms with Crippen LogP contribution in [0.1, 0.15) is 37.7 Å². The number of halogens is 2. The van der Waals surface area contributed by atoms with Crippen molar-refractivity contribution in [3.05, 3.63) is 41.2 Å². The van der Waals surface area contributed by atoms with Gasteiger partial charge >= 0.3 is 5.92 Å². The molecule has 1 heterocycles. The van der Waals surface area contributed by atoms with E-state index < -0.39 is 11.5 Å². The topological polar surface area (TPSA) is 121 Å². The standard InChI is InChI=1S/C27H36F2N4O5/c1-7-18-20(27(28,29)26(3,4)34)12-17(13-21(18)30)33-25-19-14-24(38-11-10-37-9-8-35-5)23(36-6)15-22(19)31-16(2)32-25/h12-15,34H,7-11,30H2,1-6H3,(H,31,32,33). The van der Waals surface area contributed by atoms with Gasteiger partial charge in [-0.05, 0) is 51.0 Å². The molecule has 0 unspecified atom stereocenters. The molecule has 0 fully saturated rings. The minimum absolute atomic E-state index is 0.186. The maximum Gasteiger partial charge on any atom is 0.301 e. The molecular formula is C27H36F2N4O5. The summed E-state index contributed by atoms with van der Waals surface area (Å²) in [5.74, 6) is -1.80. The van der Waals surface area contributed by atoms with Crippen LogP contribution in [0.5, 0.6) is 11.5 Å². The van der Waals surface area contributed by atoms with E-state index in [0.29, 0.717) is 59.6 Å². The van der Waals surface area contributed by atoms with Gasteiger partial charge in [0, 0.05) is 35.5 Å². The van der Waals surface area contributed by atoms with Gasteiger partial charge in [-0.15, -0.1) is 0 Å². The van der Waals surface area contributed by atoms with E-state index in [1.807, 2.05) is 0 Å². The third-order valence-electron chi connectivity index (χ3n) is 6.02. The van der Waals surface area contributed by atoms with E-state index in [1.165, 1.54) is 13.2 Å². The largest absolute Gasteiger partial charge is 0.493 e. The molecule has 208 valence electrons. The summed E-state index contributed by atoms with van der Waals surface area (Å²) in [5.41, 5.74) is 4.87. The van der Waals surface area contributed by atoms with Crippen LogP contribution in [0.4, 0.5) is 26.0 Å². The number of aryl methyl sites for hydroxylation is 1. The summed E-state index contributed by atoms with van der Waals surface area (Å²) in [6, 6.07) is 6.32. The van der Waals surface area contributed by atoms with Gasteiger partial charge in [-0.25, -0.2) is 9.97 Å². The van der Waals surface area contributed by atoms with Crippen molar-refractivity contribution in [2.24, 2.45) is 0 Å². The van der Waals surface area contributed by atoms with Crippen LogP contribution in [0, 0.1) is 6.92 Å². The lowest BCUT2D eigenvalue weighted by Gasteiger charge is -2.31. The number of nitrogen functional groups attached to an aromatic ring is 1. The van der Waals surface area contributed by atoms with E-state index >= 15 is 8.78 Å². The van der Waals surface area contributed by atoms with Gasteiger partial charge in [0.2, 0.25) is 0 Å². The van der Waals surface area contributed by atoms with Gasteiger partial charge < -0.3 is 35.1 Å². The highest BCUT2D eigenvalue weighted by Crippen LogP contribution is 2.44. The summed E-state index contributed by atoms with van der Waals surface area (Å²) in [6.07, 6.45) is 0.276. The molecule has 4 N–H and O–H groups in total. The fourth-order valence-electron chi connectivity index (χ4n) is 3.98. The van der Waals surface area contributed by atoms with Crippen molar-refractivity contribution < 1.29 is 32.8 Å². The Hall–Kier alpha value is -3.28. The SMILES string of the molecule is CCc1c(N)cc(Nc2nc(C)nc3cc(OC)c(OCCOCCOC)cc23)cc1C(F)(F)C(C)(C)O. The Balaban J connectivity index is 2.02. The number of ether oxygens (including phenoxy) is 4. The molecule has 0 aliphatic rings. The molecular weight excluding hydrogens is 498 g/mol. The molecule has 2 aromatic carbocycles. The van der Waals surface area contributed by atoms with Crippen LogP contribution in [0.25, 0.3) is 10.9 Å². The quantitative estimate of drug-likeness (QED) is 0.211. The third-order valence-corrected chi connectivity index (χ3v) is 6.02. The number of aliphatic hydroxyl groups is 1. The fourth-order valence-corrected chi connectivity index (χ4v) is 3.98. The molecule has 0 atom stereocenters. The van der Waals surface area contributed by atoms with Gasteiger partial charge in [0.25, 0.3) is 0 Å². The van der Waals surface area contributed by atoms with E-state index in [0.717, 1.165) is 13.8 Å². The molecule has 11 heteroatoms. The minimum Gasteiger partial charge on any atom is -0.493 e. The van der Waals surface area contributed by atoms with Crippen LogP contribution in [0.3, 0.4) is 0 Å². The predicted molar refractivity (Wildman–Crippen MR) is 143 cm³/mol. The molecule has 0 aliphatic carbocycles. The maximum absolute atomic E-state index is 15.3.